The van der Waals surface area contributed by atoms with Crippen LogP contribution in [0.4, 0.5) is 5.69 Å². The van der Waals surface area contributed by atoms with Crippen molar-refractivity contribution >= 4 is 22.5 Å². The summed E-state index contributed by atoms with van der Waals surface area (Å²) in [7, 11) is 2.18. The molecule has 0 bridgehead atoms. The van der Waals surface area contributed by atoms with E-state index in [1.165, 1.54) is 23.8 Å². The van der Waals surface area contributed by atoms with E-state index in [4.69, 9.17) is 0 Å². The number of fused-ring (bicyclic) bond motifs is 1. The van der Waals surface area contributed by atoms with Gasteiger partial charge in [-0.25, -0.2) is 0 Å². The van der Waals surface area contributed by atoms with Crippen molar-refractivity contribution in [1.82, 2.24) is 9.88 Å². The highest BCUT2D eigenvalue weighted by Crippen LogP contribution is 2.34. The molecule has 1 fully saturated rings. The third-order valence-electron chi connectivity index (χ3n) is 5.41. The molecule has 1 aromatic heterocycles. The summed E-state index contributed by atoms with van der Waals surface area (Å²) in [6, 6.07) is 13.8. The zero-order valence-electron chi connectivity index (χ0n) is 15.4. The Balaban J connectivity index is 1.59. The normalized spacial score (nSPS) is 16.1. The molecule has 0 radical (unpaired) electrons. The SMILES string of the molecule is Cc1cccc(C(=O)Nc2ccc3[nH]cc(C4CCN(C)CC4)c3c2)c1. The number of H-pyrrole nitrogens is 1. The summed E-state index contributed by atoms with van der Waals surface area (Å²) >= 11 is 0. The van der Waals surface area contributed by atoms with Crippen LogP contribution in [0.25, 0.3) is 10.9 Å². The molecule has 1 amide bonds. The summed E-state index contributed by atoms with van der Waals surface area (Å²) in [5.41, 5.74) is 5.13. The minimum absolute atomic E-state index is 0.0653. The van der Waals surface area contributed by atoms with E-state index in [2.05, 4.69) is 40.6 Å². The fraction of sp³-hybridized carbons (Fsp3) is 0.318. The molecule has 4 nitrogen and oxygen atoms in total. The average Bonchev–Trinajstić information content (AvgIpc) is 3.05. The van der Waals surface area contributed by atoms with Crippen molar-refractivity contribution in [3.05, 3.63) is 65.4 Å². The third kappa shape index (κ3) is 3.37. The Labute approximate surface area is 154 Å². The first-order valence-corrected chi connectivity index (χ1v) is 9.28. The van der Waals surface area contributed by atoms with Crippen molar-refractivity contribution in [2.75, 3.05) is 25.5 Å². The van der Waals surface area contributed by atoms with E-state index in [1.807, 2.05) is 37.3 Å². The molecule has 2 heterocycles. The lowest BCUT2D eigenvalue weighted by Gasteiger charge is -2.28. The Morgan fingerprint density at radius 1 is 1.15 bits per heavy atom. The van der Waals surface area contributed by atoms with Crippen molar-refractivity contribution < 1.29 is 4.79 Å². The Hall–Kier alpha value is -2.59. The maximum absolute atomic E-state index is 12.5. The highest BCUT2D eigenvalue weighted by molar-refractivity contribution is 6.05. The predicted octanol–water partition coefficient (Wildman–Crippen LogP) is 4.54. The number of hydrogen-bond acceptors (Lipinski definition) is 2. The summed E-state index contributed by atoms with van der Waals surface area (Å²) in [4.78, 5) is 18.3. The zero-order valence-corrected chi connectivity index (χ0v) is 15.4. The molecule has 2 aromatic carbocycles. The van der Waals surface area contributed by atoms with Crippen LogP contribution in [0, 0.1) is 6.92 Å². The standard InChI is InChI=1S/C22H25N3O/c1-15-4-3-5-17(12-15)22(26)24-18-6-7-21-19(13-18)20(14-23-21)16-8-10-25(2)11-9-16/h3-7,12-14,16,23H,8-11H2,1-2H3,(H,24,26). The van der Waals surface area contributed by atoms with Crippen LogP contribution in [0.5, 0.6) is 0 Å². The molecule has 4 heteroatoms. The Morgan fingerprint density at radius 2 is 1.96 bits per heavy atom. The molecule has 0 spiro atoms. The van der Waals surface area contributed by atoms with Gasteiger partial charge in [0.2, 0.25) is 0 Å². The number of aromatic amines is 1. The van der Waals surface area contributed by atoms with Gasteiger partial charge >= 0.3 is 0 Å². The van der Waals surface area contributed by atoms with Gasteiger partial charge in [0.05, 0.1) is 0 Å². The van der Waals surface area contributed by atoms with Gasteiger partial charge in [0.1, 0.15) is 0 Å². The summed E-state index contributed by atoms with van der Waals surface area (Å²) in [5, 5.41) is 4.27. The first kappa shape index (κ1) is 16.9. The van der Waals surface area contributed by atoms with E-state index in [0.717, 1.165) is 29.9 Å². The molecule has 3 aromatic rings. The summed E-state index contributed by atoms with van der Waals surface area (Å²) in [6.07, 6.45) is 4.51. The summed E-state index contributed by atoms with van der Waals surface area (Å²) < 4.78 is 0. The first-order valence-electron chi connectivity index (χ1n) is 9.28. The van der Waals surface area contributed by atoms with Crippen molar-refractivity contribution in [1.29, 1.82) is 0 Å². The molecule has 0 unspecified atom stereocenters. The Kier molecular flexibility index (Phi) is 4.51. The molecule has 1 aliphatic heterocycles. The topological polar surface area (TPSA) is 48.1 Å². The van der Waals surface area contributed by atoms with Crippen LogP contribution >= 0.6 is 0 Å². The van der Waals surface area contributed by atoms with Gasteiger partial charge in [-0.3, -0.25) is 4.79 Å². The number of amides is 1. The zero-order chi connectivity index (χ0) is 18.1. The van der Waals surface area contributed by atoms with Gasteiger partial charge in [0, 0.05) is 28.4 Å². The quantitative estimate of drug-likeness (QED) is 0.731. The van der Waals surface area contributed by atoms with Gasteiger partial charge in [-0.15, -0.1) is 0 Å². The number of benzene rings is 2. The van der Waals surface area contributed by atoms with E-state index in [9.17, 15) is 4.79 Å². The number of aromatic nitrogens is 1. The smallest absolute Gasteiger partial charge is 0.255 e. The number of aryl methyl sites for hydroxylation is 1. The molecule has 1 aliphatic rings. The van der Waals surface area contributed by atoms with Gasteiger partial charge in [-0.2, -0.15) is 0 Å². The molecule has 1 saturated heterocycles. The summed E-state index contributed by atoms with van der Waals surface area (Å²) in [6.45, 7) is 4.28. The van der Waals surface area contributed by atoms with Crippen LogP contribution < -0.4 is 5.32 Å². The number of carbonyl (C=O) groups excluding carboxylic acids is 1. The van der Waals surface area contributed by atoms with Crippen LogP contribution in [0.15, 0.2) is 48.7 Å². The van der Waals surface area contributed by atoms with Crippen LogP contribution in [-0.2, 0) is 0 Å². The monoisotopic (exact) mass is 347 g/mol. The average molecular weight is 347 g/mol. The number of rotatable bonds is 3. The molecule has 2 N–H and O–H groups in total. The highest BCUT2D eigenvalue weighted by atomic mass is 16.1. The van der Waals surface area contributed by atoms with Crippen LogP contribution in [0.1, 0.15) is 40.2 Å². The predicted molar refractivity (Wildman–Crippen MR) is 107 cm³/mol. The largest absolute Gasteiger partial charge is 0.361 e. The van der Waals surface area contributed by atoms with Crippen LogP contribution in [0.3, 0.4) is 0 Å². The number of piperidine rings is 1. The fourth-order valence-electron chi connectivity index (χ4n) is 3.87. The van der Waals surface area contributed by atoms with E-state index in [-0.39, 0.29) is 5.91 Å². The van der Waals surface area contributed by atoms with E-state index >= 15 is 0 Å². The number of nitrogens with zero attached hydrogens (tertiary/aromatic N) is 1. The van der Waals surface area contributed by atoms with Crippen molar-refractivity contribution in [2.24, 2.45) is 0 Å². The molecule has 0 saturated carbocycles. The molecular formula is C22H25N3O. The second kappa shape index (κ2) is 6.96. The molecule has 134 valence electrons. The van der Waals surface area contributed by atoms with Gasteiger partial charge in [-0.05, 0) is 81.7 Å². The number of likely N-dealkylation sites (tertiary alicyclic amines) is 1. The van der Waals surface area contributed by atoms with Gasteiger partial charge in [-0.1, -0.05) is 17.7 Å². The van der Waals surface area contributed by atoms with Crippen LogP contribution in [-0.4, -0.2) is 35.9 Å². The molecule has 26 heavy (non-hydrogen) atoms. The Morgan fingerprint density at radius 3 is 2.73 bits per heavy atom. The van der Waals surface area contributed by atoms with Crippen molar-refractivity contribution in [3.63, 3.8) is 0 Å². The van der Waals surface area contributed by atoms with Gasteiger partial charge in [0.25, 0.3) is 5.91 Å². The maximum Gasteiger partial charge on any atom is 0.255 e. The van der Waals surface area contributed by atoms with Crippen molar-refractivity contribution in [2.45, 2.75) is 25.7 Å². The minimum Gasteiger partial charge on any atom is -0.361 e. The fourth-order valence-corrected chi connectivity index (χ4v) is 3.87. The molecular weight excluding hydrogens is 322 g/mol. The van der Waals surface area contributed by atoms with Crippen molar-refractivity contribution in [3.8, 4) is 0 Å². The lowest BCUT2D eigenvalue weighted by molar-refractivity contribution is 0.102. The summed E-state index contributed by atoms with van der Waals surface area (Å²) in [5.74, 6) is 0.520. The van der Waals surface area contributed by atoms with Gasteiger partial charge < -0.3 is 15.2 Å². The Bertz CT molecular complexity index is 935. The lowest BCUT2D eigenvalue weighted by atomic mass is 9.89. The van der Waals surface area contributed by atoms with Gasteiger partial charge in [0.15, 0.2) is 0 Å². The number of hydrogen-bond donors (Lipinski definition) is 2. The highest BCUT2D eigenvalue weighted by Gasteiger charge is 2.21. The maximum atomic E-state index is 12.5. The second-order valence-electron chi connectivity index (χ2n) is 7.41. The number of anilines is 1. The molecule has 0 atom stereocenters. The number of nitrogens with one attached hydrogen (secondary N) is 2. The second-order valence-corrected chi connectivity index (χ2v) is 7.41. The minimum atomic E-state index is -0.0653. The molecule has 0 aliphatic carbocycles. The van der Waals surface area contributed by atoms with E-state index in [0.29, 0.717) is 11.5 Å². The number of carbonyl (C=O) groups is 1. The van der Waals surface area contributed by atoms with Crippen LogP contribution in [0.2, 0.25) is 0 Å². The lowest BCUT2D eigenvalue weighted by Crippen LogP contribution is -2.29. The molecule has 4 rings (SSSR count). The van der Waals surface area contributed by atoms with E-state index in [1.54, 1.807) is 0 Å². The third-order valence-corrected chi connectivity index (χ3v) is 5.41. The van der Waals surface area contributed by atoms with E-state index < -0.39 is 0 Å². The first-order chi connectivity index (χ1) is 12.6.